The second kappa shape index (κ2) is 4.49. The number of thiazole rings is 1. The van der Waals surface area contributed by atoms with E-state index in [1.807, 2.05) is 5.51 Å². The first kappa shape index (κ1) is 11.7. The first-order chi connectivity index (χ1) is 9.83. The summed E-state index contributed by atoms with van der Waals surface area (Å²) < 4.78 is 1.14. The van der Waals surface area contributed by atoms with Crippen LogP contribution in [0.4, 0.5) is 11.4 Å². The molecule has 1 saturated carbocycles. The molecule has 2 aromatic carbocycles. The van der Waals surface area contributed by atoms with Crippen LogP contribution in [-0.2, 0) is 0 Å². The molecule has 20 heavy (non-hydrogen) atoms. The van der Waals surface area contributed by atoms with E-state index in [0.29, 0.717) is 12.0 Å². The number of anilines is 2. The molecule has 2 atom stereocenters. The molecule has 0 saturated heterocycles. The molecule has 0 radical (unpaired) electrons. The fourth-order valence-corrected chi connectivity index (χ4v) is 3.39. The lowest BCUT2D eigenvalue weighted by atomic mass is 10.1. The van der Waals surface area contributed by atoms with Gasteiger partial charge in [0.2, 0.25) is 0 Å². The van der Waals surface area contributed by atoms with Gasteiger partial charge in [0, 0.05) is 12.0 Å². The van der Waals surface area contributed by atoms with Gasteiger partial charge in [0.15, 0.2) is 0 Å². The van der Waals surface area contributed by atoms with Crippen LogP contribution >= 0.6 is 11.3 Å². The molecular weight excluding hydrogens is 266 g/mol. The molecule has 2 unspecified atom stereocenters. The van der Waals surface area contributed by atoms with E-state index in [1.54, 1.807) is 11.3 Å². The number of nitrogen functional groups attached to an aromatic ring is 1. The molecule has 0 bridgehead atoms. The molecule has 100 valence electrons. The molecule has 3 nitrogen and oxygen atoms in total. The van der Waals surface area contributed by atoms with Crippen LogP contribution in [0.3, 0.4) is 0 Å². The summed E-state index contributed by atoms with van der Waals surface area (Å²) >= 11 is 1.62. The Morgan fingerprint density at radius 3 is 2.85 bits per heavy atom. The lowest BCUT2D eigenvalue weighted by molar-refractivity contribution is 1.05. The number of nitrogens with zero attached hydrogens (tertiary/aromatic N) is 1. The van der Waals surface area contributed by atoms with Crippen molar-refractivity contribution in [1.29, 1.82) is 0 Å². The number of hydrogen-bond acceptors (Lipinski definition) is 4. The summed E-state index contributed by atoms with van der Waals surface area (Å²) in [6, 6.07) is 15.3. The van der Waals surface area contributed by atoms with E-state index in [-0.39, 0.29) is 0 Å². The monoisotopic (exact) mass is 281 g/mol. The van der Waals surface area contributed by atoms with Crippen LogP contribution in [-0.4, -0.2) is 11.0 Å². The van der Waals surface area contributed by atoms with Gasteiger partial charge in [-0.05, 0) is 24.1 Å². The molecule has 1 aromatic heterocycles. The molecule has 1 aliphatic carbocycles. The van der Waals surface area contributed by atoms with Gasteiger partial charge in [0.25, 0.3) is 0 Å². The fraction of sp³-hybridized carbons (Fsp3) is 0.188. The van der Waals surface area contributed by atoms with E-state index in [9.17, 15) is 0 Å². The molecule has 0 spiro atoms. The van der Waals surface area contributed by atoms with Gasteiger partial charge in [-0.15, -0.1) is 11.3 Å². The van der Waals surface area contributed by atoms with E-state index in [4.69, 9.17) is 5.73 Å². The van der Waals surface area contributed by atoms with Gasteiger partial charge in [-0.25, -0.2) is 4.98 Å². The highest BCUT2D eigenvalue weighted by Crippen LogP contribution is 2.44. The van der Waals surface area contributed by atoms with Crippen molar-refractivity contribution in [3.63, 3.8) is 0 Å². The molecule has 1 fully saturated rings. The normalized spacial score (nSPS) is 21.0. The number of nitrogens with two attached hydrogens (primary N) is 1. The maximum absolute atomic E-state index is 6.21. The maximum atomic E-state index is 6.21. The Balaban J connectivity index is 1.56. The Hall–Kier alpha value is -2.07. The molecule has 1 aliphatic rings. The van der Waals surface area contributed by atoms with Crippen LogP contribution in [0.5, 0.6) is 0 Å². The van der Waals surface area contributed by atoms with E-state index >= 15 is 0 Å². The van der Waals surface area contributed by atoms with Crippen LogP contribution in [0.2, 0.25) is 0 Å². The number of fused-ring (bicyclic) bond motifs is 1. The molecule has 4 rings (SSSR count). The minimum atomic E-state index is 0.482. The zero-order valence-corrected chi connectivity index (χ0v) is 11.7. The average Bonchev–Trinajstić information content (AvgIpc) is 3.08. The van der Waals surface area contributed by atoms with E-state index in [2.05, 4.69) is 52.8 Å². The summed E-state index contributed by atoms with van der Waals surface area (Å²) in [6.45, 7) is 0. The third kappa shape index (κ3) is 1.93. The van der Waals surface area contributed by atoms with Crippen LogP contribution in [0.1, 0.15) is 17.9 Å². The van der Waals surface area contributed by atoms with Crippen molar-refractivity contribution in [2.45, 2.75) is 18.4 Å². The van der Waals surface area contributed by atoms with Crippen molar-refractivity contribution in [2.24, 2.45) is 0 Å². The van der Waals surface area contributed by atoms with E-state index in [1.165, 1.54) is 12.0 Å². The summed E-state index contributed by atoms with van der Waals surface area (Å²) in [5.41, 5.74) is 12.1. The first-order valence-corrected chi connectivity index (χ1v) is 7.64. The molecule has 0 aliphatic heterocycles. The lowest BCUT2D eigenvalue weighted by Crippen LogP contribution is -2.06. The van der Waals surface area contributed by atoms with Gasteiger partial charge in [-0.1, -0.05) is 30.3 Å². The van der Waals surface area contributed by atoms with Gasteiger partial charge in [0.05, 0.1) is 21.6 Å². The average molecular weight is 281 g/mol. The van der Waals surface area contributed by atoms with Crippen LogP contribution in [0, 0.1) is 0 Å². The van der Waals surface area contributed by atoms with Crippen LogP contribution in [0.15, 0.2) is 48.0 Å². The standard InChI is InChI=1S/C16H15N3S/c17-15-12(6-7-14-16(15)18-9-20-14)19-13-8-11(13)10-4-2-1-3-5-10/h1-7,9,11,13,19H,8,17H2. The number of rotatable bonds is 3. The zero-order chi connectivity index (χ0) is 13.5. The predicted octanol–water partition coefficient (Wildman–Crippen LogP) is 3.85. The summed E-state index contributed by atoms with van der Waals surface area (Å²) in [5, 5.41) is 3.55. The van der Waals surface area contributed by atoms with E-state index < -0.39 is 0 Å². The summed E-state index contributed by atoms with van der Waals surface area (Å²) in [7, 11) is 0. The Kier molecular flexibility index (Phi) is 2.63. The fourth-order valence-electron chi connectivity index (χ4n) is 2.70. The second-order valence-electron chi connectivity index (χ2n) is 5.23. The number of aromatic nitrogens is 1. The molecule has 0 amide bonds. The molecule has 1 heterocycles. The lowest BCUT2D eigenvalue weighted by Gasteiger charge is -2.09. The van der Waals surface area contributed by atoms with Gasteiger partial charge in [-0.3, -0.25) is 0 Å². The Morgan fingerprint density at radius 2 is 2.00 bits per heavy atom. The van der Waals surface area contributed by atoms with E-state index in [0.717, 1.165) is 21.6 Å². The zero-order valence-electron chi connectivity index (χ0n) is 10.9. The minimum Gasteiger partial charge on any atom is -0.395 e. The van der Waals surface area contributed by atoms with Gasteiger partial charge in [-0.2, -0.15) is 0 Å². The summed E-state index contributed by atoms with van der Waals surface area (Å²) in [6.07, 6.45) is 1.17. The third-order valence-corrected chi connectivity index (χ3v) is 4.69. The smallest absolute Gasteiger partial charge is 0.106 e. The van der Waals surface area contributed by atoms with Crippen LogP contribution in [0.25, 0.3) is 10.2 Å². The van der Waals surface area contributed by atoms with Gasteiger partial charge in [0.1, 0.15) is 5.52 Å². The topological polar surface area (TPSA) is 50.9 Å². The molecule has 3 N–H and O–H groups in total. The molecule has 4 heteroatoms. The predicted molar refractivity (Wildman–Crippen MR) is 85.2 cm³/mol. The highest BCUT2D eigenvalue weighted by Gasteiger charge is 2.38. The largest absolute Gasteiger partial charge is 0.395 e. The first-order valence-electron chi connectivity index (χ1n) is 6.76. The number of benzene rings is 2. The van der Waals surface area contributed by atoms with Crippen LogP contribution < -0.4 is 11.1 Å². The quantitative estimate of drug-likeness (QED) is 0.717. The number of nitrogens with one attached hydrogen (secondary N) is 1. The summed E-state index contributed by atoms with van der Waals surface area (Å²) in [4.78, 5) is 4.34. The maximum Gasteiger partial charge on any atom is 0.106 e. The van der Waals surface area contributed by atoms with Gasteiger partial charge < -0.3 is 11.1 Å². The van der Waals surface area contributed by atoms with Crippen molar-refractivity contribution in [3.8, 4) is 0 Å². The Morgan fingerprint density at radius 1 is 1.15 bits per heavy atom. The highest BCUT2D eigenvalue weighted by atomic mass is 32.1. The highest BCUT2D eigenvalue weighted by molar-refractivity contribution is 7.16. The Bertz CT molecular complexity index is 751. The number of hydrogen-bond donors (Lipinski definition) is 2. The second-order valence-corrected chi connectivity index (χ2v) is 6.12. The van der Waals surface area contributed by atoms with Gasteiger partial charge >= 0.3 is 0 Å². The SMILES string of the molecule is Nc1c(NC2CC2c2ccccc2)ccc2scnc12. The summed E-state index contributed by atoms with van der Waals surface area (Å²) in [5.74, 6) is 0.599. The van der Waals surface area contributed by atoms with Crippen molar-refractivity contribution in [3.05, 3.63) is 53.5 Å². The molecule has 3 aromatic rings. The van der Waals surface area contributed by atoms with Crippen molar-refractivity contribution < 1.29 is 0 Å². The van der Waals surface area contributed by atoms with Crippen molar-refractivity contribution in [2.75, 3.05) is 11.1 Å². The van der Waals surface area contributed by atoms with Crippen molar-refractivity contribution in [1.82, 2.24) is 4.98 Å². The molecular formula is C16H15N3S. The minimum absolute atomic E-state index is 0.482. The third-order valence-electron chi connectivity index (χ3n) is 3.90. The Labute approximate surface area is 121 Å². The van der Waals surface area contributed by atoms with Crippen molar-refractivity contribution >= 4 is 32.9 Å².